The zero-order valence-electron chi connectivity index (χ0n) is 22.2. The van der Waals surface area contributed by atoms with Gasteiger partial charge in [-0.15, -0.1) is 0 Å². The highest BCUT2D eigenvalue weighted by molar-refractivity contribution is 7.80. The number of thiocarbonyl (C=S) groups is 1. The number of hydrogen-bond donors (Lipinski definition) is 2. The molecule has 0 bridgehead atoms. The molecule has 3 heterocycles. The number of nitrogens with one attached hydrogen (secondary N) is 2. The van der Waals surface area contributed by atoms with Crippen molar-refractivity contribution < 1.29 is 9.53 Å². The SMILES string of the molecule is CCC(=O)Nc1ccc(N2C(=S)N[C@@H](c3ccccn3)[C@H]2c2cccn2-c2ccc3ccccc3c2)cc1OC. The van der Waals surface area contributed by atoms with Gasteiger partial charge in [0.05, 0.1) is 24.5 Å². The summed E-state index contributed by atoms with van der Waals surface area (Å²) in [6.45, 7) is 1.82. The third-order valence-corrected chi connectivity index (χ3v) is 7.57. The molecule has 2 atom stereocenters. The van der Waals surface area contributed by atoms with Crippen molar-refractivity contribution in [2.24, 2.45) is 0 Å². The number of ether oxygens (including phenoxy) is 1. The summed E-state index contributed by atoms with van der Waals surface area (Å²) in [6.07, 6.45) is 4.26. The summed E-state index contributed by atoms with van der Waals surface area (Å²) in [5, 5.41) is 9.39. The van der Waals surface area contributed by atoms with E-state index in [9.17, 15) is 4.79 Å². The standard InChI is InChI=1S/C32H29N5O2S/c1-3-29(38)34-25-16-15-24(20-28(25)39-2)37-31(30(35-32(37)40)26-11-6-7-17-33-26)27-12-8-18-36(27)23-14-13-21-9-4-5-10-22(21)19-23/h4-20,30-31H,3H2,1-2H3,(H,34,38)(H,35,40)/t30-,31+/m0/s1. The molecule has 40 heavy (non-hydrogen) atoms. The molecule has 0 spiro atoms. The van der Waals surface area contributed by atoms with Gasteiger partial charge in [-0.2, -0.15) is 0 Å². The lowest BCUT2D eigenvalue weighted by Gasteiger charge is -2.29. The Morgan fingerprint density at radius 1 is 0.975 bits per heavy atom. The molecule has 2 N–H and O–H groups in total. The van der Waals surface area contributed by atoms with Crippen LogP contribution in [-0.4, -0.2) is 27.7 Å². The fourth-order valence-corrected chi connectivity index (χ4v) is 5.65. The molecule has 0 saturated carbocycles. The van der Waals surface area contributed by atoms with Crippen LogP contribution in [0.2, 0.25) is 0 Å². The van der Waals surface area contributed by atoms with Gasteiger partial charge in [0.1, 0.15) is 11.8 Å². The quantitative estimate of drug-likeness (QED) is 0.225. The minimum absolute atomic E-state index is 0.0780. The average Bonchev–Trinajstić information content (AvgIpc) is 3.62. The molecule has 8 heteroatoms. The van der Waals surface area contributed by atoms with Crippen LogP contribution in [0, 0.1) is 0 Å². The van der Waals surface area contributed by atoms with Crippen molar-refractivity contribution in [2.45, 2.75) is 25.4 Å². The van der Waals surface area contributed by atoms with Crippen molar-refractivity contribution in [3.8, 4) is 11.4 Å². The minimum Gasteiger partial charge on any atom is -0.494 e. The lowest BCUT2D eigenvalue weighted by molar-refractivity contribution is -0.115. The molecule has 3 aromatic carbocycles. The fraction of sp³-hybridized carbons (Fsp3) is 0.156. The van der Waals surface area contributed by atoms with Gasteiger partial charge in [0.25, 0.3) is 0 Å². The summed E-state index contributed by atoms with van der Waals surface area (Å²) in [7, 11) is 1.60. The average molecular weight is 548 g/mol. The van der Waals surface area contributed by atoms with E-state index in [0.29, 0.717) is 23.0 Å². The summed E-state index contributed by atoms with van der Waals surface area (Å²) in [5.41, 5.74) is 4.47. The third kappa shape index (κ3) is 4.67. The maximum atomic E-state index is 12.1. The van der Waals surface area contributed by atoms with E-state index >= 15 is 0 Å². The Kier molecular flexibility index (Phi) is 6.92. The van der Waals surface area contributed by atoms with Crippen LogP contribution < -0.4 is 20.3 Å². The van der Waals surface area contributed by atoms with Gasteiger partial charge < -0.3 is 24.8 Å². The second kappa shape index (κ2) is 10.8. The van der Waals surface area contributed by atoms with Crippen LogP contribution in [0.4, 0.5) is 11.4 Å². The number of carbonyl (C=O) groups excluding carboxylic acids is 1. The maximum absolute atomic E-state index is 12.1. The molecule has 0 radical (unpaired) electrons. The number of amides is 1. The first-order valence-corrected chi connectivity index (χ1v) is 13.6. The molecule has 1 saturated heterocycles. The number of anilines is 2. The fourth-order valence-electron chi connectivity index (χ4n) is 5.30. The first-order valence-electron chi connectivity index (χ1n) is 13.2. The number of carbonyl (C=O) groups is 1. The monoisotopic (exact) mass is 547 g/mol. The highest BCUT2D eigenvalue weighted by Crippen LogP contribution is 2.44. The number of pyridine rings is 1. The van der Waals surface area contributed by atoms with E-state index in [1.165, 1.54) is 10.8 Å². The molecule has 1 aliphatic heterocycles. The molecule has 1 aliphatic rings. The van der Waals surface area contributed by atoms with Gasteiger partial charge in [0, 0.05) is 41.9 Å². The van der Waals surface area contributed by atoms with Gasteiger partial charge in [-0.1, -0.05) is 43.3 Å². The van der Waals surface area contributed by atoms with Crippen LogP contribution in [0.3, 0.4) is 0 Å². The molecule has 1 amide bonds. The van der Waals surface area contributed by atoms with Crippen molar-refractivity contribution in [1.29, 1.82) is 0 Å². The third-order valence-electron chi connectivity index (χ3n) is 7.25. The van der Waals surface area contributed by atoms with Crippen molar-refractivity contribution in [3.05, 3.63) is 115 Å². The number of methoxy groups -OCH3 is 1. The van der Waals surface area contributed by atoms with Gasteiger partial charge >= 0.3 is 0 Å². The van der Waals surface area contributed by atoms with Crippen molar-refractivity contribution >= 4 is 45.4 Å². The maximum Gasteiger partial charge on any atom is 0.224 e. The van der Waals surface area contributed by atoms with Crippen LogP contribution in [0.25, 0.3) is 16.5 Å². The molecule has 6 rings (SSSR count). The minimum atomic E-state index is -0.218. The van der Waals surface area contributed by atoms with Crippen molar-refractivity contribution in [1.82, 2.24) is 14.9 Å². The zero-order chi connectivity index (χ0) is 27.6. The largest absolute Gasteiger partial charge is 0.494 e. The molecule has 5 aromatic rings. The summed E-state index contributed by atoms with van der Waals surface area (Å²) in [5.74, 6) is 0.484. The van der Waals surface area contributed by atoms with E-state index in [0.717, 1.165) is 22.8 Å². The molecule has 1 fully saturated rings. The smallest absolute Gasteiger partial charge is 0.224 e. The van der Waals surface area contributed by atoms with E-state index in [-0.39, 0.29) is 18.0 Å². The Morgan fingerprint density at radius 3 is 2.55 bits per heavy atom. The molecular formula is C32H29N5O2S. The van der Waals surface area contributed by atoms with E-state index in [2.05, 4.69) is 85.9 Å². The van der Waals surface area contributed by atoms with Crippen molar-refractivity contribution in [3.63, 3.8) is 0 Å². The number of aromatic nitrogens is 2. The summed E-state index contributed by atoms with van der Waals surface area (Å²) in [6, 6.07) is 30.3. The van der Waals surface area contributed by atoms with E-state index in [4.69, 9.17) is 17.0 Å². The molecule has 7 nitrogen and oxygen atoms in total. The van der Waals surface area contributed by atoms with Gasteiger partial charge in [-0.25, -0.2) is 0 Å². The molecule has 0 unspecified atom stereocenters. The Bertz CT molecular complexity index is 1700. The summed E-state index contributed by atoms with van der Waals surface area (Å²) >= 11 is 5.94. The summed E-state index contributed by atoms with van der Waals surface area (Å²) in [4.78, 5) is 18.9. The first kappa shape index (κ1) is 25.6. The molecule has 2 aromatic heterocycles. The number of fused-ring (bicyclic) bond motifs is 1. The Hall–Kier alpha value is -4.69. The lowest BCUT2D eigenvalue weighted by atomic mass is 10.0. The zero-order valence-corrected chi connectivity index (χ0v) is 23.1. The van der Waals surface area contributed by atoms with Gasteiger partial charge in [-0.3, -0.25) is 9.78 Å². The van der Waals surface area contributed by atoms with Crippen LogP contribution in [0.15, 0.2) is 103 Å². The number of nitrogens with zero attached hydrogens (tertiary/aromatic N) is 3. The second-order valence-corrected chi connectivity index (χ2v) is 10.0. The van der Waals surface area contributed by atoms with Crippen molar-refractivity contribution in [2.75, 3.05) is 17.3 Å². The number of benzene rings is 3. The normalized spacial score (nSPS) is 16.6. The van der Waals surface area contributed by atoms with Gasteiger partial charge in [0.2, 0.25) is 5.91 Å². The van der Waals surface area contributed by atoms with E-state index < -0.39 is 0 Å². The Balaban J connectivity index is 1.47. The Morgan fingerprint density at radius 2 is 1.77 bits per heavy atom. The van der Waals surface area contributed by atoms with Crippen LogP contribution >= 0.6 is 12.2 Å². The van der Waals surface area contributed by atoms with Gasteiger partial charge in [0.15, 0.2) is 5.11 Å². The molecule has 0 aliphatic carbocycles. The topological polar surface area (TPSA) is 71.4 Å². The van der Waals surface area contributed by atoms with Crippen LogP contribution in [0.1, 0.15) is 36.8 Å². The predicted molar refractivity (Wildman–Crippen MR) is 163 cm³/mol. The van der Waals surface area contributed by atoms with Crippen LogP contribution in [0.5, 0.6) is 5.75 Å². The lowest BCUT2D eigenvalue weighted by Crippen LogP contribution is -2.30. The second-order valence-electron chi connectivity index (χ2n) is 9.62. The Labute approximate surface area is 238 Å². The molecule has 200 valence electrons. The van der Waals surface area contributed by atoms with E-state index in [1.807, 2.05) is 43.3 Å². The number of rotatable bonds is 7. The van der Waals surface area contributed by atoms with Crippen LogP contribution in [-0.2, 0) is 4.79 Å². The highest BCUT2D eigenvalue weighted by Gasteiger charge is 2.42. The first-order chi connectivity index (χ1) is 19.6. The highest BCUT2D eigenvalue weighted by atomic mass is 32.1. The van der Waals surface area contributed by atoms with E-state index in [1.54, 1.807) is 13.3 Å². The molecular weight excluding hydrogens is 518 g/mol. The number of hydrogen-bond acceptors (Lipinski definition) is 4. The predicted octanol–water partition coefficient (Wildman–Crippen LogP) is 6.56. The van der Waals surface area contributed by atoms with Gasteiger partial charge in [-0.05, 0) is 71.5 Å². The summed E-state index contributed by atoms with van der Waals surface area (Å²) < 4.78 is 7.89.